The van der Waals surface area contributed by atoms with Crippen LogP contribution in [0.3, 0.4) is 0 Å². The summed E-state index contributed by atoms with van der Waals surface area (Å²) in [5.74, 6) is -0.526. The van der Waals surface area contributed by atoms with Crippen LogP contribution in [-0.2, 0) is 27.9 Å². The number of carbonyl (C=O) groups excluding carboxylic acids is 2. The predicted molar refractivity (Wildman–Crippen MR) is 378 cm³/mol. The topological polar surface area (TPSA) is 111 Å². The van der Waals surface area contributed by atoms with Crippen molar-refractivity contribution in [3.05, 3.63) is 122 Å². The average Bonchev–Trinajstić information content (AvgIpc) is 3.70. The van der Waals surface area contributed by atoms with Crippen LogP contribution in [0.4, 0.5) is 0 Å². The van der Waals surface area contributed by atoms with E-state index in [9.17, 15) is 19.0 Å². The van der Waals surface area contributed by atoms with Gasteiger partial charge in [-0.15, -0.1) is 0 Å². The van der Waals surface area contributed by atoms with E-state index in [0.29, 0.717) is 17.4 Å². The fraction of sp³-hybridized carbons (Fsp3) is 0.714. The zero-order valence-corrected chi connectivity index (χ0v) is 58.1. The molecule has 87 heavy (non-hydrogen) atoms. The van der Waals surface area contributed by atoms with Gasteiger partial charge in [0.15, 0.2) is 0 Å². The molecule has 500 valence electrons. The van der Waals surface area contributed by atoms with Crippen molar-refractivity contribution in [3.8, 4) is 0 Å². The minimum atomic E-state index is -4.47. The highest BCUT2D eigenvalue weighted by molar-refractivity contribution is 7.47. The molecule has 0 aromatic heterocycles. The molecule has 0 aromatic carbocycles. The number of ether oxygens (including phenoxy) is 1. The maximum Gasteiger partial charge on any atom is 0.472 e. The minimum Gasteiger partial charge on any atom is -0.456 e. The van der Waals surface area contributed by atoms with Crippen molar-refractivity contribution in [1.82, 2.24) is 5.32 Å². The lowest BCUT2D eigenvalue weighted by atomic mass is 10.0. The fourth-order valence-corrected chi connectivity index (χ4v) is 10.6. The molecular formula is C77H136N2O7P+. The number of phosphoric ester groups is 1. The number of rotatable bonds is 64. The molecule has 1 amide bonds. The van der Waals surface area contributed by atoms with Crippen molar-refractivity contribution < 1.29 is 37.3 Å². The summed E-state index contributed by atoms with van der Waals surface area (Å²) in [6, 6.07) is -0.864. The van der Waals surface area contributed by atoms with Gasteiger partial charge in [0.2, 0.25) is 5.91 Å². The largest absolute Gasteiger partial charge is 0.472 e. The number of quaternary nitrogens is 1. The molecule has 0 aliphatic rings. The van der Waals surface area contributed by atoms with Crippen LogP contribution in [0.15, 0.2) is 122 Å². The standard InChI is InChI=1S/C77H135N2O7P/c1-7-10-13-16-19-22-25-27-29-31-33-35-37-39-41-43-45-47-49-51-54-57-60-63-66-69-76(80)78-74(73-85-87(82,83)84-72-71-79(4,5)6)75(68-65-62-59-56-53-24-21-18-15-12-9-3)86-77(81)70-67-64-61-58-55-52-50-48-46-44-42-40-38-36-34-32-30-28-26-23-20-17-14-11-8-2/h11,14,19-20,22-23,27-30,33-36,40,42,46,48,65,68,74-75H,7-10,12-13,15-18,21,24-26,31-32,37-39,41,43-45,47,49-64,66-67,69-73H2,1-6H3,(H-,78,80,82,83)/p+1/b14-11-,22-19-,23-20-,29-27-,30-28-,35-33-,36-34-,42-40-,48-46-,68-65+. The SMILES string of the molecule is CC/C=C\C/C=C\C/C=C\C/C=C\C/C=C\C/C=C\CCCCCCCCC(=O)OC(/C=C/CCCCCCCCCCC)C(COP(=O)(O)OCC[N+](C)(C)C)NC(=O)CCCCCCCCCCCCCC/C=C\C/C=C\C/C=C\CCCCC. The van der Waals surface area contributed by atoms with Gasteiger partial charge >= 0.3 is 13.8 Å². The van der Waals surface area contributed by atoms with Crippen LogP contribution in [0, 0.1) is 0 Å². The van der Waals surface area contributed by atoms with E-state index < -0.39 is 20.0 Å². The molecule has 0 saturated carbocycles. The summed E-state index contributed by atoms with van der Waals surface area (Å²) in [5.41, 5.74) is 0. The van der Waals surface area contributed by atoms with E-state index >= 15 is 0 Å². The number of hydrogen-bond acceptors (Lipinski definition) is 6. The van der Waals surface area contributed by atoms with Crippen LogP contribution in [0.1, 0.15) is 303 Å². The Morgan fingerprint density at radius 2 is 0.736 bits per heavy atom. The summed E-state index contributed by atoms with van der Waals surface area (Å²) in [5, 5.41) is 3.06. The van der Waals surface area contributed by atoms with Gasteiger partial charge in [-0.3, -0.25) is 18.6 Å². The highest BCUT2D eigenvalue weighted by atomic mass is 31.2. The first-order valence-corrected chi connectivity index (χ1v) is 37.4. The monoisotopic (exact) mass is 1230 g/mol. The van der Waals surface area contributed by atoms with Crippen LogP contribution in [0.25, 0.3) is 0 Å². The van der Waals surface area contributed by atoms with Gasteiger partial charge in [-0.1, -0.05) is 290 Å². The molecule has 2 N–H and O–H groups in total. The Kier molecular flexibility index (Phi) is 62.7. The quantitative estimate of drug-likeness (QED) is 0.0205. The van der Waals surface area contributed by atoms with Gasteiger partial charge in [0.25, 0.3) is 0 Å². The van der Waals surface area contributed by atoms with E-state index in [1.165, 1.54) is 135 Å². The summed E-state index contributed by atoms with van der Waals surface area (Å²) in [6.45, 7) is 6.86. The molecule has 0 spiro atoms. The summed E-state index contributed by atoms with van der Waals surface area (Å²) in [7, 11) is 1.48. The van der Waals surface area contributed by atoms with E-state index in [1.54, 1.807) is 0 Å². The van der Waals surface area contributed by atoms with E-state index in [2.05, 4.69) is 135 Å². The molecule has 0 heterocycles. The van der Waals surface area contributed by atoms with Gasteiger partial charge in [0.05, 0.1) is 33.8 Å². The zero-order chi connectivity index (χ0) is 63.5. The molecular weight excluding hydrogens is 1100 g/mol. The first-order chi connectivity index (χ1) is 42.4. The molecule has 0 radical (unpaired) electrons. The number of allylic oxidation sites excluding steroid dienone is 19. The number of unbranched alkanes of at least 4 members (excludes halogenated alkanes) is 30. The third-order valence-corrected chi connectivity index (χ3v) is 16.4. The lowest BCUT2D eigenvalue weighted by molar-refractivity contribution is -0.870. The maximum absolute atomic E-state index is 13.6. The molecule has 3 atom stereocenters. The number of phosphoric acid groups is 1. The minimum absolute atomic E-state index is 0.0317. The van der Waals surface area contributed by atoms with Crippen molar-refractivity contribution in [1.29, 1.82) is 0 Å². The summed E-state index contributed by atoms with van der Waals surface area (Å²) < 4.78 is 30.8. The second-order valence-corrected chi connectivity index (χ2v) is 26.5. The number of amides is 1. The molecule has 10 heteroatoms. The molecule has 0 aliphatic heterocycles. The molecule has 0 fully saturated rings. The average molecular weight is 1230 g/mol. The number of nitrogens with one attached hydrogen (secondary N) is 1. The summed E-state index contributed by atoms with van der Waals surface area (Å²) in [4.78, 5) is 37.9. The Labute approximate surface area is 537 Å². The first kappa shape index (κ1) is 83.4. The molecule has 0 aromatic rings. The first-order valence-electron chi connectivity index (χ1n) is 35.9. The highest BCUT2D eigenvalue weighted by Crippen LogP contribution is 2.43. The van der Waals surface area contributed by atoms with E-state index in [4.69, 9.17) is 13.8 Å². The molecule has 3 unspecified atom stereocenters. The van der Waals surface area contributed by atoms with Crippen molar-refractivity contribution in [3.63, 3.8) is 0 Å². The lowest BCUT2D eigenvalue weighted by Crippen LogP contribution is -2.47. The van der Waals surface area contributed by atoms with Gasteiger partial charge < -0.3 is 19.4 Å². The highest BCUT2D eigenvalue weighted by Gasteiger charge is 2.30. The van der Waals surface area contributed by atoms with E-state index in [1.807, 2.05) is 33.3 Å². The second-order valence-electron chi connectivity index (χ2n) is 25.0. The maximum atomic E-state index is 13.6. The van der Waals surface area contributed by atoms with Gasteiger partial charge in [0, 0.05) is 12.8 Å². The van der Waals surface area contributed by atoms with Crippen LogP contribution in [0.5, 0.6) is 0 Å². The van der Waals surface area contributed by atoms with E-state index in [-0.39, 0.29) is 31.5 Å². The molecule has 0 saturated heterocycles. The van der Waals surface area contributed by atoms with Crippen LogP contribution in [-0.4, -0.2) is 74.3 Å². The molecule has 0 aliphatic carbocycles. The van der Waals surface area contributed by atoms with Crippen molar-refractivity contribution in [2.45, 2.75) is 315 Å². The number of hydrogen-bond donors (Lipinski definition) is 2. The smallest absolute Gasteiger partial charge is 0.456 e. The summed E-state index contributed by atoms with van der Waals surface area (Å²) in [6.07, 6.45) is 92.1. The molecule has 9 nitrogen and oxygen atoms in total. The molecule has 0 bridgehead atoms. The third kappa shape index (κ3) is 66.7. The van der Waals surface area contributed by atoms with Gasteiger partial charge in [0.1, 0.15) is 19.3 Å². The third-order valence-electron chi connectivity index (χ3n) is 15.4. The Balaban J connectivity index is 5.07. The van der Waals surface area contributed by atoms with Gasteiger partial charge in [-0.05, 0) is 122 Å². The predicted octanol–water partition coefficient (Wildman–Crippen LogP) is 23.0. The number of esters is 1. The van der Waals surface area contributed by atoms with Crippen molar-refractivity contribution in [2.24, 2.45) is 0 Å². The van der Waals surface area contributed by atoms with Gasteiger partial charge in [-0.25, -0.2) is 4.57 Å². The normalized spacial score (nSPS) is 14.2. The Hall–Kier alpha value is -3.59. The zero-order valence-electron chi connectivity index (χ0n) is 57.2. The Morgan fingerprint density at radius 1 is 0.414 bits per heavy atom. The van der Waals surface area contributed by atoms with Crippen LogP contribution < -0.4 is 5.32 Å². The van der Waals surface area contributed by atoms with Crippen LogP contribution in [0.2, 0.25) is 0 Å². The van der Waals surface area contributed by atoms with Crippen LogP contribution >= 0.6 is 7.82 Å². The number of carbonyl (C=O) groups is 2. The van der Waals surface area contributed by atoms with Crippen molar-refractivity contribution >= 4 is 19.7 Å². The van der Waals surface area contributed by atoms with Gasteiger partial charge in [-0.2, -0.15) is 0 Å². The molecule has 0 rings (SSSR count). The lowest BCUT2D eigenvalue weighted by Gasteiger charge is -2.27. The summed E-state index contributed by atoms with van der Waals surface area (Å²) >= 11 is 0. The van der Waals surface area contributed by atoms with E-state index in [0.717, 1.165) is 135 Å². The Morgan fingerprint density at radius 3 is 1.13 bits per heavy atom. The number of nitrogens with zero attached hydrogens (tertiary/aromatic N) is 1. The second kappa shape index (κ2) is 65.4. The fourth-order valence-electron chi connectivity index (χ4n) is 9.89. The number of likely N-dealkylation sites (N-methyl/N-ethyl adjacent to an activating group) is 1. The van der Waals surface area contributed by atoms with Crippen molar-refractivity contribution in [2.75, 3.05) is 40.9 Å². The Bertz CT molecular complexity index is 1900.